The molecule has 4 rings (SSSR count). The second kappa shape index (κ2) is 8.08. The van der Waals surface area contributed by atoms with Gasteiger partial charge < -0.3 is 10.6 Å². The Balaban J connectivity index is 1.33. The number of hydrogen-bond acceptors (Lipinski definition) is 3. The predicted octanol–water partition coefficient (Wildman–Crippen LogP) is 4.73. The fourth-order valence-corrected chi connectivity index (χ4v) is 3.54. The van der Waals surface area contributed by atoms with Crippen LogP contribution in [0.1, 0.15) is 36.0 Å². The molecule has 2 N–H and O–H groups in total. The Hall–Kier alpha value is -3.08. The van der Waals surface area contributed by atoms with E-state index in [1.54, 1.807) is 10.9 Å². The topological polar surface area (TPSA) is 59.0 Å². The van der Waals surface area contributed by atoms with E-state index in [0.29, 0.717) is 5.56 Å². The van der Waals surface area contributed by atoms with Crippen molar-refractivity contribution in [2.24, 2.45) is 5.92 Å². The zero-order valence-corrected chi connectivity index (χ0v) is 15.3. The van der Waals surface area contributed by atoms with Crippen LogP contribution in [-0.2, 0) is 0 Å². The number of benzene rings is 2. The third kappa shape index (κ3) is 4.37. The third-order valence-electron chi connectivity index (χ3n) is 5.11. The van der Waals surface area contributed by atoms with Crippen LogP contribution >= 0.6 is 0 Å². The summed E-state index contributed by atoms with van der Waals surface area (Å²) < 4.78 is 1.76. The van der Waals surface area contributed by atoms with Crippen LogP contribution in [0.4, 0.5) is 11.4 Å². The zero-order valence-electron chi connectivity index (χ0n) is 15.3. The van der Waals surface area contributed by atoms with Gasteiger partial charge in [-0.2, -0.15) is 5.10 Å². The van der Waals surface area contributed by atoms with Crippen LogP contribution in [0, 0.1) is 5.92 Å². The largest absolute Gasteiger partial charge is 0.385 e. The molecule has 1 aliphatic carbocycles. The highest BCUT2D eigenvalue weighted by atomic mass is 16.1. The molecule has 2 aromatic carbocycles. The minimum absolute atomic E-state index is 0.117. The van der Waals surface area contributed by atoms with E-state index in [1.165, 1.54) is 25.7 Å². The lowest BCUT2D eigenvalue weighted by atomic mass is 10.1. The van der Waals surface area contributed by atoms with Gasteiger partial charge in [-0.05, 0) is 73.4 Å². The maximum atomic E-state index is 12.4. The summed E-state index contributed by atoms with van der Waals surface area (Å²) in [7, 11) is 0. The highest BCUT2D eigenvalue weighted by Crippen LogP contribution is 2.25. The van der Waals surface area contributed by atoms with E-state index in [9.17, 15) is 4.79 Å². The van der Waals surface area contributed by atoms with Gasteiger partial charge in [-0.25, -0.2) is 4.68 Å². The van der Waals surface area contributed by atoms with Crippen LogP contribution in [0.5, 0.6) is 0 Å². The number of aromatic nitrogens is 2. The maximum absolute atomic E-state index is 12.4. The Morgan fingerprint density at radius 2 is 1.70 bits per heavy atom. The molecule has 1 aliphatic rings. The number of amides is 1. The Morgan fingerprint density at radius 3 is 2.37 bits per heavy atom. The SMILES string of the molecule is O=C(Nc1ccc(NCC2CCCC2)cc1)c1ccc(-n2cccn2)cc1. The predicted molar refractivity (Wildman–Crippen MR) is 108 cm³/mol. The first-order chi connectivity index (χ1) is 13.3. The van der Waals surface area contributed by atoms with Crippen molar-refractivity contribution >= 4 is 17.3 Å². The van der Waals surface area contributed by atoms with E-state index >= 15 is 0 Å². The van der Waals surface area contributed by atoms with Crippen molar-refractivity contribution in [2.75, 3.05) is 17.2 Å². The summed E-state index contributed by atoms with van der Waals surface area (Å²) in [5.74, 6) is 0.683. The van der Waals surface area contributed by atoms with Crippen molar-refractivity contribution in [3.8, 4) is 5.69 Å². The number of carbonyl (C=O) groups is 1. The van der Waals surface area contributed by atoms with Crippen LogP contribution in [0.25, 0.3) is 5.69 Å². The van der Waals surface area contributed by atoms with Gasteiger partial charge in [-0.15, -0.1) is 0 Å². The summed E-state index contributed by atoms with van der Waals surface area (Å²) in [5, 5.41) is 10.6. The number of anilines is 2. The summed E-state index contributed by atoms with van der Waals surface area (Å²) in [4.78, 5) is 12.4. The average molecular weight is 360 g/mol. The molecule has 1 heterocycles. The lowest BCUT2D eigenvalue weighted by Gasteiger charge is -2.12. The lowest BCUT2D eigenvalue weighted by molar-refractivity contribution is 0.102. The maximum Gasteiger partial charge on any atom is 0.255 e. The smallest absolute Gasteiger partial charge is 0.255 e. The van der Waals surface area contributed by atoms with Crippen LogP contribution in [0.15, 0.2) is 67.0 Å². The zero-order chi connectivity index (χ0) is 18.5. The Kier molecular flexibility index (Phi) is 5.19. The average Bonchev–Trinajstić information content (AvgIpc) is 3.42. The van der Waals surface area contributed by atoms with Crippen LogP contribution in [0.2, 0.25) is 0 Å². The van der Waals surface area contributed by atoms with Gasteiger partial charge in [0.2, 0.25) is 0 Å². The molecule has 5 nitrogen and oxygen atoms in total. The van der Waals surface area contributed by atoms with Gasteiger partial charge in [-0.3, -0.25) is 4.79 Å². The highest BCUT2D eigenvalue weighted by Gasteiger charge is 2.14. The van der Waals surface area contributed by atoms with E-state index in [2.05, 4.69) is 15.7 Å². The van der Waals surface area contributed by atoms with Gasteiger partial charge in [0.15, 0.2) is 0 Å². The summed E-state index contributed by atoms with van der Waals surface area (Å²) >= 11 is 0. The fourth-order valence-electron chi connectivity index (χ4n) is 3.54. The van der Waals surface area contributed by atoms with E-state index in [0.717, 1.165) is 29.5 Å². The molecule has 1 saturated carbocycles. The molecule has 0 saturated heterocycles. The molecule has 138 valence electrons. The normalized spacial score (nSPS) is 14.2. The molecular weight excluding hydrogens is 336 g/mol. The van der Waals surface area contributed by atoms with E-state index in [-0.39, 0.29) is 5.91 Å². The van der Waals surface area contributed by atoms with Gasteiger partial charge in [0.05, 0.1) is 5.69 Å². The molecule has 1 fully saturated rings. The molecule has 0 unspecified atom stereocenters. The van der Waals surface area contributed by atoms with Crippen molar-refractivity contribution in [3.63, 3.8) is 0 Å². The summed E-state index contributed by atoms with van der Waals surface area (Å²) in [5.41, 5.74) is 3.44. The van der Waals surface area contributed by atoms with Crippen molar-refractivity contribution in [3.05, 3.63) is 72.6 Å². The second-order valence-electron chi connectivity index (χ2n) is 7.06. The van der Waals surface area contributed by atoms with Crippen LogP contribution in [0.3, 0.4) is 0 Å². The Morgan fingerprint density at radius 1 is 1.00 bits per heavy atom. The lowest BCUT2D eigenvalue weighted by Crippen LogP contribution is -2.13. The van der Waals surface area contributed by atoms with E-state index < -0.39 is 0 Å². The van der Waals surface area contributed by atoms with Crippen LogP contribution in [-0.4, -0.2) is 22.2 Å². The number of rotatable bonds is 6. The first kappa shape index (κ1) is 17.3. The highest BCUT2D eigenvalue weighted by molar-refractivity contribution is 6.04. The minimum Gasteiger partial charge on any atom is -0.385 e. The fraction of sp³-hybridized carbons (Fsp3) is 0.273. The molecular formula is C22H24N4O. The molecule has 0 radical (unpaired) electrons. The quantitative estimate of drug-likeness (QED) is 0.668. The molecule has 0 spiro atoms. The van der Waals surface area contributed by atoms with E-state index in [4.69, 9.17) is 0 Å². The number of nitrogens with one attached hydrogen (secondary N) is 2. The van der Waals surface area contributed by atoms with Gasteiger partial charge in [0.1, 0.15) is 0 Å². The Labute approximate surface area is 159 Å². The molecule has 27 heavy (non-hydrogen) atoms. The van der Waals surface area contributed by atoms with Gasteiger partial charge in [0, 0.05) is 35.9 Å². The molecule has 0 aliphatic heterocycles. The number of hydrogen-bond donors (Lipinski definition) is 2. The standard InChI is InChI=1S/C22H24N4O/c27-22(18-6-12-21(13-7-18)26-15-3-14-24-26)25-20-10-8-19(9-11-20)23-16-17-4-1-2-5-17/h3,6-15,17,23H,1-2,4-5,16H2,(H,25,27). The number of carbonyl (C=O) groups excluding carboxylic acids is 1. The van der Waals surface area contributed by atoms with Gasteiger partial charge in [0.25, 0.3) is 5.91 Å². The summed E-state index contributed by atoms with van der Waals surface area (Å²) in [6.45, 7) is 1.04. The molecule has 3 aromatic rings. The monoisotopic (exact) mass is 360 g/mol. The van der Waals surface area contributed by atoms with Gasteiger partial charge >= 0.3 is 0 Å². The van der Waals surface area contributed by atoms with Crippen molar-refractivity contribution in [1.82, 2.24) is 9.78 Å². The molecule has 1 amide bonds. The molecule has 1 aromatic heterocycles. The second-order valence-corrected chi connectivity index (χ2v) is 7.06. The summed E-state index contributed by atoms with van der Waals surface area (Å²) in [6, 6.07) is 17.2. The molecule has 5 heteroatoms. The van der Waals surface area contributed by atoms with E-state index in [1.807, 2.05) is 60.8 Å². The minimum atomic E-state index is -0.117. The third-order valence-corrected chi connectivity index (χ3v) is 5.11. The van der Waals surface area contributed by atoms with Crippen LogP contribution < -0.4 is 10.6 Å². The van der Waals surface area contributed by atoms with Crippen molar-refractivity contribution in [1.29, 1.82) is 0 Å². The van der Waals surface area contributed by atoms with Crippen molar-refractivity contribution < 1.29 is 4.79 Å². The van der Waals surface area contributed by atoms with Crippen molar-refractivity contribution in [2.45, 2.75) is 25.7 Å². The van der Waals surface area contributed by atoms with Gasteiger partial charge in [-0.1, -0.05) is 12.8 Å². The Bertz CT molecular complexity index is 864. The number of nitrogens with zero attached hydrogens (tertiary/aromatic N) is 2. The first-order valence-electron chi connectivity index (χ1n) is 9.53. The first-order valence-corrected chi connectivity index (χ1v) is 9.53. The molecule has 0 bridgehead atoms. The summed E-state index contributed by atoms with van der Waals surface area (Å²) in [6.07, 6.45) is 8.99. The molecule has 0 atom stereocenters.